The molecular formula is C17H28N2O2. The van der Waals surface area contributed by atoms with Crippen LogP contribution in [0.2, 0.25) is 0 Å². The molecule has 2 rings (SSSR count). The van der Waals surface area contributed by atoms with Crippen LogP contribution >= 0.6 is 0 Å². The zero-order chi connectivity index (χ0) is 15.2. The first-order chi connectivity index (χ1) is 10.0. The van der Waals surface area contributed by atoms with Crippen molar-refractivity contribution in [1.82, 2.24) is 10.3 Å². The summed E-state index contributed by atoms with van der Waals surface area (Å²) in [5.41, 5.74) is 2.34. The van der Waals surface area contributed by atoms with Gasteiger partial charge in [0.05, 0.1) is 13.2 Å². The second kappa shape index (κ2) is 7.76. The molecule has 1 aliphatic rings. The number of rotatable bonds is 6. The average molecular weight is 292 g/mol. The first kappa shape index (κ1) is 16.2. The summed E-state index contributed by atoms with van der Waals surface area (Å²) in [6, 6.07) is 4.72. The van der Waals surface area contributed by atoms with Crippen LogP contribution in [0.15, 0.2) is 12.1 Å². The molecule has 1 aromatic heterocycles. The molecule has 2 heterocycles. The monoisotopic (exact) mass is 292 g/mol. The minimum absolute atomic E-state index is 0.236. The molecule has 0 unspecified atom stereocenters. The summed E-state index contributed by atoms with van der Waals surface area (Å²) in [6.45, 7) is 11.1. The molecule has 4 heteroatoms. The second-order valence-corrected chi connectivity index (χ2v) is 6.36. The van der Waals surface area contributed by atoms with Gasteiger partial charge in [-0.1, -0.05) is 27.7 Å². The Morgan fingerprint density at radius 2 is 1.95 bits per heavy atom. The van der Waals surface area contributed by atoms with Crippen molar-refractivity contribution in [3.63, 3.8) is 0 Å². The van der Waals surface area contributed by atoms with Gasteiger partial charge in [0, 0.05) is 37.2 Å². The standard InChI is InChI=1S/C17H28N2O2/c1-12(2)16-9-14(11-18-13(3)4)10-17(19-16)21-15-5-7-20-8-6-15/h9-10,12-13,15,18H,5-8,11H2,1-4H3. The highest BCUT2D eigenvalue weighted by molar-refractivity contribution is 5.27. The molecule has 1 saturated heterocycles. The third-order valence-electron chi connectivity index (χ3n) is 3.64. The van der Waals surface area contributed by atoms with Crippen molar-refractivity contribution in [2.75, 3.05) is 13.2 Å². The van der Waals surface area contributed by atoms with Crippen LogP contribution in [0.25, 0.3) is 0 Å². The number of nitrogens with zero attached hydrogens (tertiary/aromatic N) is 1. The van der Waals surface area contributed by atoms with Crippen LogP contribution in [0, 0.1) is 0 Å². The quantitative estimate of drug-likeness (QED) is 0.874. The number of nitrogens with one attached hydrogen (secondary N) is 1. The maximum Gasteiger partial charge on any atom is 0.214 e. The van der Waals surface area contributed by atoms with E-state index >= 15 is 0 Å². The summed E-state index contributed by atoms with van der Waals surface area (Å²) in [5, 5.41) is 3.46. The molecule has 0 aromatic carbocycles. The maximum atomic E-state index is 6.07. The third-order valence-corrected chi connectivity index (χ3v) is 3.64. The van der Waals surface area contributed by atoms with Gasteiger partial charge in [0.15, 0.2) is 0 Å². The number of pyridine rings is 1. The molecule has 0 radical (unpaired) electrons. The Bertz CT molecular complexity index is 440. The molecule has 1 N–H and O–H groups in total. The fourth-order valence-electron chi connectivity index (χ4n) is 2.33. The first-order valence-corrected chi connectivity index (χ1v) is 8.03. The summed E-state index contributed by atoms with van der Waals surface area (Å²) < 4.78 is 11.5. The zero-order valence-corrected chi connectivity index (χ0v) is 13.7. The number of hydrogen-bond donors (Lipinski definition) is 1. The van der Waals surface area contributed by atoms with E-state index in [1.54, 1.807) is 0 Å². The van der Waals surface area contributed by atoms with Crippen molar-refractivity contribution in [2.45, 2.75) is 65.1 Å². The number of ether oxygens (including phenoxy) is 2. The smallest absolute Gasteiger partial charge is 0.214 e. The van der Waals surface area contributed by atoms with Gasteiger partial charge in [-0.15, -0.1) is 0 Å². The van der Waals surface area contributed by atoms with E-state index in [0.717, 1.165) is 44.2 Å². The Kier molecular flexibility index (Phi) is 6.00. The first-order valence-electron chi connectivity index (χ1n) is 8.03. The van der Waals surface area contributed by atoms with Crippen molar-refractivity contribution >= 4 is 0 Å². The molecule has 0 saturated carbocycles. The Hall–Kier alpha value is -1.13. The molecule has 1 fully saturated rings. The van der Waals surface area contributed by atoms with E-state index in [0.29, 0.717) is 12.0 Å². The average Bonchev–Trinajstić information content (AvgIpc) is 2.46. The van der Waals surface area contributed by atoms with Gasteiger partial charge in [0.25, 0.3) is 0 Å². The highest BCUT2D eigenvalue weighted by Gasteiger charge is 2.17. The number of aromatic nitrogens is 1. The number of hydrogen-bond acceptors (Lipinski definition) is 4. The van der Waals surface area contributed by atoms with E-state index in [1.165, 1.54) is 5.56 Å². The van der Waals surface area contributed by atoms with Crippen LogP contribution < -0.4 is 10.1 Å². The van der Waals surface area contributed by atoms with Gasteiger partial charge in [-0.25, -0.2) is 4.98 Å². The lowest BCUT2D eigenvalue weighted by atomic mass is 10.1. The van der Waals surface area contributed by atoms with Crippen LogP contribution in [0.1, 0.15) is 57.7 Å². The normalized spacial score (nSPS) is 16.7. The van der Waals surface area contributed by atoms with E-state index in [9.17, 15) is 0 Å². The van der Waals surface area contributed by atoms with Crippen LogP contribution in [0.5, 0.6) is 5.88 Å². The van der Waals surface area contributed by atoms with E-state index in [1.807, 2.05) is 0 Å². The predicted octanol–water partition coefficient (Wildman–Crippen LogP) is 3.26. The van der Waals surface area contributed by atoms with Gasteiger partial charge in [0.1, 0.15) is 6.10 Å². The lowest BCUT2D eigenvalue weighted by Crippen LogP contribution is -2.26. The second-order valence-electron chi connectivity index (χ2n) is 6.36. The van der Waals surface area contributed by atoms with E-state index < -0.39 is 0 Å². The highest BCUT2D eigenvalue weighted by Crippen LogP contribution is 2.22. The van der Waals surface area contributed by atoms with Crippen LogP contribution in [-0.2, 0) is 11.3 Å². The van der Waals surface area contributed by atoms with Crippen LogP contribution in [0.4, 0.5) is 0 Å². The molecule has 1 aromatic rings. The lowest BCUT2D eigenvalue weighted by Gasteiger charge is -2.23. The molecule has 0 bridgehead atoms. The Morgan fingerprint density at radius 1 is 1.24 bits per heavy atom. The summed E-state index contributed by atoms with van der Waals surface area (Å²) >= 11 is 0. The van der Waals surface area contributed by atoms with Crippen LogP contribution in [-0.4, -0.2) is 30.3 Å². The molecule has 0 aliphatic carbocycles. The molecule has 0 atom stereocenters. The molecule has 0 spiro atoms. The molecule has 0 amide bonds. The van der Waals surface area contributed by atoms with Gasteiger partial charge in [-0.3, -0.25) is 0 Å². The van der Waals surface area contributed by atoms with Gasteiger partial charge in [0.2, 0.25) is 5.88 Å². The fourth-order valence-corrected chi connectivity index (χ4v) is 2.33. The Morgan fingerprint density at radius 3 is 2.57 bits per heavy atom. The summed E-state index contributed by atoms with van der Waals surface area (Å²) in [7, 11) is 0. The molecular weight excluding hydrogens is 264 g/mol. The molecule has 1 aliphatic heterocycles. The molecule has 21 heavy (non-hydrogen) atoms. The third kappa shape index (κ3) is 5.29. The Balaban J connectivity index is 2.10. The van der Waals surface area contributed by atoms with Crippen molar-refractivity contribution < 1.29 is 9.47 Å². The van der Waals surface area contributed by atoms with E-state index in [4.69, 9.17) is 9.47 Å². The fraction of sp³-hybridized carbons (Fsp3) is 0.706. The topological polar surface area (TPSA) is 43.4 Å². The van der Waals surface area contributed by atoms with E-state index in [-0.39, 0.29) is 6.10 Å². The summed E-state index contributed by atoms with van der Waals surface area (Å²) in [4.78, 5) is 4.66. The van der Waals surface area contributed by atoms with Gasteiger partial charge >= 0.3 is 0 Å². The lowest BCUT2D eigenvalue weighted by molar-refractivity contribution is 0.0236. The van der Waals surface area contributed by atoms with Crippen molar-refractivity contribution in [1.29, 1.82) is 0 Å². The van der Waals surface area contributed by atoms with E-state index in [2.05, 4.69) is 50.1 Å². The predicted molar refractivity (Wildman–Crippen MR) is 84.8 cm³/mol. The van der Waals surface area contributed by atoms with Gasteiger partial charge < -0.3 is 14.8 Å². The van der Waals surface area contributed by atoms with Crippen molar-refractivity contribution in [3.8, 4) is 5.88 Å². The van der Waals surface area contributed by atoms with Crippen LogP contribution in [0.3, 0.4) is 0 Å². The van der Waals surface area contributed by atoms with Gasteiger partial charge in [-0.05, 0) is 17.5 Å². The minimum atomic E-state index is 0.236. The molecule has 118 valence electrons. The summed E-state index contributed by atoms with van der Waals surface area (Å²) in [5.74, 6) is 1.16. The molecule has 4 nitrogen and oxygen atoms in total. The Labute approximate surface area is 128 Å². The maximum absolute atomic E-state index is 6.07. The highest BCUT2D eigenvalue weighted by atomic mass is 16.5. The van der Waals surface area contributed by atoms with Gasteiger partial charge in [-0.2, -0.15) is 0 Å². The largest absolute Gasteiger partial charge is 0.474 e. The zero-order valence-electron chi connectivity index (χ0n) is 13.7. The SMILES string of the molecule is CC(C)NCc1cc(OC2CCOCC2)nc(C(C)C)c1. The van der Waals surface area contributed by atoms with Crippen molar-refractivity contribution in [2.24, 2.45) is 0 Å². The minimum Gasteiger partial charge on any atom is -0.474 e. The summed E-state index contributed by atoms with van der Waals surface area (Å²) in [6.07, 6.45) is 2.14. The van der Waals surface area contributed by atoms with Crippen molar-refractivity contribution in [3.05, 3.63) is 23.4 Å².